The Labute approximate surface area is 137 Å². The molecule has 0 radical (unpaired) electrons. The number of nitrogens with zero attached hydrogens (tertiary/aromatic N) is 1. The quantitative estimate of drug-likeness (QED) is 0.756. The summed E-state index contributed by atoms with van der Waals surface area (Å²) in [5, 5.41) is 3.24. The van der Waals surface area contributed by atoms with Crippen LogP contribution in [-0.2, 0) is 0 Å². The van der Waals surface area contributed by atoms with Crippen molar-refractivity contribution in [2.24, 2.45) is 0 Å². The minimum atomic E-state index is -0.216. The SMILES string of the molecule is COc1cc(N)c(Cl)cc1C(=O)NCCN(C(C)C)C(C)C. The molecule has 0 aliphatic rings. The lowest BCUT2D eigenvalue weighted by Gasteiger charge is -2.30. The normalized spacial score (nSPS) is 11.3. The summed E-state index contributed by atoms with van der Waals surface area (Å²) in [4.78, 5) is 14.6. The van der Waals surface area contributed by atoms with Crippen molar-refractivity contribution >= 4 is 23.2 Å². The van der Waals surface area contributed by atoms with E-state index in [0.717, 1.165) is 6.54 Å². The van der Waals surface area contributed by atoms with Crippen molar-refractivity contribution in [3.63, 3.8) is 0 Å². The van der Waals surface area contributed by atoms with Crippen molar-refractivity contribution in [2.75, 3.05) is 25.9 Å². The van der Waals surface area contributed by atoms with Gasteiger partial charge in [-0.3, -0.25) is 9.69 Å². The number of halogens is 1. The van der Waals surface area contributed by atoms with Crippen LogP contribution >= 0.6 is 11.6 Å². The van der Waals surface area contributed by atoms with Crippen molar-refractivity contribution in [3.8, 4) is 5.75 Å². The van der Waals surface area contributed by atoms with E-state index in [9.17, 15) is 4.79 Å². The van der Waals surface area contributed by atoms with Crippen LogP contribution in [0.5, 0.6) is 5.75 Å². The first-order valence-corrected chi connectivity index (χ1v) is 7.82. The Morgan fingerprint density at radius 3 is 2.41 bits per heavy atom. The lowest BCUT2D eigenvalue weighted by atomic mass is 10.1. The molecule has 3 N–H and O–H groups in total. The molecule has 0 aliphatic heterocycles. The molecule has 1 rings (SSSR count). The fraction of sp³-hybridized carbons (Fsp3) is 0.562. The van der Waals surface area contributed by atoms with E-state index in [0.29, 0.717) is 40.7 Å². The number of carbonyl (C=O) groups is 1. The maximum Gasteiger partial charge on any atom is 0.255 e. The lowest BCUT2D eigenvalue weighted by molar-refractivity contribution is 0.0936. The predicted octanol–water partition coefficient (Wildman–Crippen LogP) is 2.78. The first-order valence-electron chi connectivity index (χ1n) is 7.44. The van der Waals surface area contributed by atoms with Crippen LogP contribution < -0.4 is 15.8 Å². The number of nitrogens with two attached hydrogens (primary N) is 1. The second kappa shape index (κ2) is 8.25. The zero-order chi connectivity index (χ0) is 16.9. The third-order valence-electron chi connectivity index (χ3n) is 3.55. The molecular formula is C16H26ClN3O2. The fourth-order valence-electron chi connectivity index (χ4n) is 2.42. The minimum absolute atomic E-state index is 0.216. The number of hydrogen-bond donors (Lipinski definition) is 2. The van der Waals surface area contributed by atoms with E-state index in [1.54, 1.807) is 6.07 Å². The maximum absolute atomic E-state index is 12.3. The molecule has 0 spiro atoms. The summed E-state index contributed by atoms with van der Waals surface area (Å²) in [6.45, 7) is 9.91. The highest BCUT2D eigenvalue weighted by atomic mass is 35.5. The number of hydrogen-bond acceptors (Lipinski definition) is 4. The van der Waals surface area contributed by atoms with Crippen molar-refractivity contribution in [3.05, 3.63) is 22.7 Å². The number of nitrogen functional groups attached to an aromatic ring is 1. The van der Waals surface area contributed by atoms with E-state index in [1.807, 2.05) is 0 Å². The molecule has 0 unspecified atom stereocenters. The van der Waals surface area contributed by atoms with Gasteiger partial charge in [-0.25, -0.2) is 0 Å². The van der Waals surface area contributed by atoms with Crippen molar-refractivity contribution in [1.82, 2.24) is 10.2 Å². The van der Waals surface area contributed by atoms with Crippen LogP contribution in [0.1, 0.15) is 38.1 Å². The Morgan fingerprint density at radius 2 is 1.91 bits per heavy atom. The van der Waals surface area contributed by atoms with Crippen LogP contribution in [0.4, 0.5) is 5.69 Å². The van der Waals surface area contributed by atoms with E-state index < -0.39 is 0 Å². The smallest absolute Gasteiger partial charge is 0.255 e. The molecule has 0 fully saturated rings. The van der Waals surface area contributed by atoms with Gasteiger partial charge in [0.15, 0.2) is 0 Å². The summed E-state index contributed by atoms with van der Waals surface area (Å²) in [6, 6.07) is 3.95. The van der Waals surface area contributed by atoms with Crippen LogP contribution in [0, 0.1) is 0 Å². The Hall–Kier alpha value is -1.46. The van der Waals surface area contributed by atoms with Gasteiger partial charge >= 0.3 is 0 Å². The number of nitrogens with one attached hydrogen (secondary N) is 1. The summed E-state index contributed by atoms with van der Waals surface area (Å²) < 4.78 is 5.20. The molecule has 0 aromatic heterocycles. The third kappa shape index (κ3) is 4.78. The Morgan fingerprint density at radius 1 is 1.32 bits per heavy atom. The molecule has 0 heterocycles. The average Bonchev–Trinajstić information content (AvgIpc) is 2.44. The molecule has 5 nitrogen and oxygen atoms in total. The number of amides is 1. The number of rotatable bonds is 7. The average molecular weight is 328 g/mol. The molecular weight excluding hydrogens is 302 g/mol. The number of ether oxygens (including phenoxy) is 1. The van der Waals surface area contributed by atoms with E-state index in [2.05, 4.69) is 37.9 Å². The predicted molar refractivity (Wildman–Crippen MR) is 91.7 cm³/mol. The molecule has 1 aromatic rings. The molecule has 124 valence electrons. The fourth-order valence-corrected chi connectivity index (χ4v) is 2.59. The van der Waals surface area contributed by atoms with Gasteiger partial charge in [0.1, 0.15) is 5.75 Å². The monoisotopic (exact) mass is 327 g/mol. The topological polar surface area (TPSA) is 67.6 Å². The Balaban J connectivity index is 2.72. The molecule has 1 amide bonds. The van der Waals surface area contributed by atoms with Gasteiger partial charge in [-0.15, -0.1) is 0 Å². The van der Waals surface area contributed by atoms with E-state index in [4.69, 9.17) is 22.1 Å². The van der Waals surface area contributed by atoms with Crippen LogP contribution in [0.3, 0.4) is 0 Å². The van der Waals surface area contributed by atoms with Gasteiger partial charge in [0.2, 0.25) is 0 Å². The standard InChI is InChI=1S/C16H26ClN3O2/c1-10(2)20(11(3)4)7-6-19-16(21)12-8-13(17)14(18)9-15(12)22-5/h8-11H,6-7,18H2,1-5H3,(H,19,21). The highest BCUT2D eigenvalue weighted by Crippen LogP contribution is 2.28. The van der Waals surface area contributed by atoms with Crippen LogP contribution in [0.25, 0.3) is 0 Å². The Bertz CT molecular complexity index is 510. The highest BCUT2D eigenvalue weighted by molar-refractivity contribution is 6.33. The van der Waals surface area contributed by atoms with Gasteiger partial charge in [-0.1, -0.05) is 11.6 Å². The van der Waals surface area contributed by atoms with Gasteiger partial charge in [-0.2, -0.15) is 0 Å². The van der Waals surface area contributed by atoms with Crippen LogP contribution in [0.15, 0.2) is 12.1 Å². The van der Waals surface area contributed by atoms with Gasteiger partial charge < -0.3 is 15.8 Å². The minimum Gasteiger partial charge on any atom is -0.496 e. The molecule has 6 heteroatoms. The summed E-state index contributed by atoms with van der Waals surface area (Å²) in [5.74, 6) is 0.204. The summed E-state index contributed by atoms with van der Waals surface area (Å²) in [6.07, 6.45) is 0. The molecule has 0 saturated heterocycles. The van der Waals surface area contributed by atoms with Crippen LogP contribution in [0.2, 0.25) is 5.02 Å². The van der Waals surface area contributed by atoms with E-state index in [-0.39, 0.29) is 5.91 Å². The molecule has 0 bridgehead atoms. The lowest BCUT2D eigenvalue weighted by Crippen LogP contribution is -2.42. The van der Waals surface area contributed by atoms with E-state index >= 15 is 0 Å². The molecule has 1 aromatic carbocycles. The summed E-state index contributed by atoms with van der Waals surface area (Å²) in [7, 11) is 1.50. The molecule has 0 atom stereocenters. The first-order chi connectivity index (χ1) is 10.3. The Kier molecular flexibility index (Phi) is 6.97. The summed E-state index contributed by atoms with van der Waals surface area (Å²) >= 11 is 5.99. The number of methoxy groups -OCH3 is 1. The first kappa shape index (κ1) is 18.6. The van der Waals surface area contributed by atoms with Gasteiger partial charge in [0, 0.05) is 31.2 Å². The van der Waals surface area contributed by atoms with Crippen LogP contribution in [-0.4, -0.2) is 43.1 Å². The van der Waals surface area contributed by atoms with Crippen molar-refractivity contribution in [2.45, 2.75) is 39.8 Å². The highest BCUT2D eigenvalue weighted by Gasteiger charge is 2.16. The van der Waals surface area contributed by atoms with Crippen molar-refractivity contribution in [1.29, 1.82) is 0 Å². The molecule has 0 saturated carbocycles. The molecule has 0 aliphatic carbocycles. The number of carbonyl (C=O) groups excluding carboxylic acids is 1. The van der Waals surface area contributed by atoms with Gasteiger partial charge in [0.05, 0.1) is 23.4 Å². The maximum atomic E-state index is 12.3. The zero-order valence-electron chi connectivity index (χ0n) is 13.9. The summed E-state index contributed by atoms with van der Waals surface area (Å²) in [5.41, 5.74) is 6.50. The van der Waals surface area contributed by atoms with Crippen molar-refractivity contribution < 1.29 is 9.53 Å². The second-order valence-corrected chi connectivity index (χ2v) is 6.16. The van der Waals surface area contributed by atoms with Gasteiger partial charge in [0.25, 0.3) is 5.91 Å². The van der Waals surface area contributed by atoms with Gasteiger partial charge in [-0.05, 0) is 33.8 Å². The zero-order valence-corrected chi connectivity index (χ0v) is 14.7. The molecule has 22 heavy (non-hydrogen) atoms. The third-order valence-corrected chi connectivity index (χ3v) is 3.87. The number of benzene rings is 1. The number of anilines is 1. The second-order valence-electron chi connectivity index (χ2n) is 5.76. The van der Waals surface area contributed by atoms with E-state index in [1.165, 1.54) is 13.2 Å². The largest absolute Gasteiger partial charge is 0.496 e.